The van der Waals surface area contributed by atoms with Crippen LogP contribution in [0, 0.1) is 0 Å². The lowest BCUT2D eigenvalue weighted by molar-refractivity contribution is -0.135. The molecule has 1 N–H and O–H groups in total. The number of amides is 1. The van der Waals surface area contributed by atoms with E-state index >= 15 is 0 Å². The van der Waals surface area contributed by atoms with E-state index in [1.807, 2.05) is 0 Å². The number of nitrogens with zero attached hydrogens (tertiary/aromatic N) is 5. The second-order valence-electron chi connectivity index (χ2n) is 8.63. The van der Waals surface area contributed by atoms with Crippen LogP contribution in [0.15, 0.2) is 30.5 Å². The summed E-state index contributed by atoms with van der Waals surface area (Å²) < 4.78 is 79.1. The molecule has 2 aromatic heterocycles. The second-order valence-corrected chi connectivity index (χ2v) is 9.69. The van der Waals surface area contributed by atoms with Crippen LogP contribution in [-0.4, -0.2) is 49.2 Å². The summed E-state index contributed by atoms with van der Waals surface area (Å²) in [6.07, 6.45) is -6.19. The molecule has 3 aromatic rings. The van der Waals surface area contributed by atoms with Crippen molar-refractivity contribution in [2.45, 2.75) is 70.4 Å². The van der Waals surface area contributed by atoms with Gasteiger partial charge in [0, 0.05) is 38.3 Å². The highest BCUT2D eigenvalue weighted by atomic mass is 32.1. The molecule has 38 heavy (non-hydrogen) atoms. The number of hydrogen-bond donors (Lipinski definition) is 1. The lowest BCUT2D eigenvalue weighted by atomic mass is 10.1. The Labute approximate surface area is 217 Å². The molecule has 0 aliphatic carbocycles. The summed E-state index contributed by atoms with van der Waals surface area (Å²) in [5.74, 6) is -4.16. The Morgan fingerprint density at radius 1 is 1.13 bits per heavy atom. The maximum absolute atomic E-state index is 14.4. The Bertz CT molecular complexity index is 1240. The van der Waals surface area contributed by atoms with Crippen LogP contribution in [0.25, 0.3) is 0 Å². The van der Waals surface area contributed by atoms with E-state index in [1.165, 1.54) is 24.4 Å². The number of carbonyl (C=O) groups is 2. The number of aromatic nitrogens is 5. The summed E-state index contributed by atoms with van der Waals surface area (Å²) in [4.78, 5) is 24.3. The van der Waals surface area contributed by atoms with Crippen molar-refractivity contribution in [2.24, 2.45) is 0 Å². The number of hydrogen-bond acceptors (Lipinski definition) is 7. The zero-order valence-corrected chi connectivity index (χ0v) is 21.0. The molecule has 2 heterocycles. The zero-order chi connectivity index (χ0) is 27.9. The highest BCUT2D eigenvalue weighted by molar-refractivity contribution is 7.13. The summed E-state index contributed by atoms with van der Waals surface area (Å²) in [5, 5.41) is 17.9. The first-order chi connectivity index (χ1) is 17.8. The number of aryl methyl sites for hydroxylation is 1. The molecule has 0 saturated heterocycles. The molecule has 206 valence electrons. The monoisotopic (exact) mass is 562 g/mol. The molecular weight excluding hydrogens is 538 g/mol. The third-order valence-corrected chi connectivity index (χ3v) is 6.27. The van der Waals surface area contributed by atoms with Crippen LogP contribution in [-0.2, 0) is 25.4 Å². The van der Waals surface area contributed by atoms with Crippen LogP contribution in [0.4, 0.5) is 26.3 Å². The molecule has 1 aromatic carbocycles. The maximum Gasteiger partial charge on any atom is 0.389 e. The summed E-state index contributed by atoms with van der Waals surface area (Å²) in [6.45, 7) is 0.561. The molecule has 0 aliphatic rings. The molecule has 0 radical (unpaired) electrons. The molecule has 8 nitrogen and oxygen atoms in total. The maximum atomic E-state index is 14.4. The van der Waals surface area contributed by atoms with Gasteiger partial charge in [0.25, 0.3) is 11.8 Å². The number of benzene rings is 1. The van der Waals surface area contributed by atoms with Gasteiger partial charge in [-0.3, -0.25) is 9.59 Å². The summed E-state index contributed by atoms with van der Waals surface area (Å²) in [7, 11) is 0. The van der Waals surface area contributed by atoms with Crippen LogP contribution in [0.2, 0.25) is 0 Å². The van der Waals surface area contributed by atoms with Gasteiger partial charge in [0.1, 0.15) is 16.9 Å². The van der Waals surface area contributed by atoms with Gasteiger partial charge in [-0.15, -0.1) is 15.3 Å². The van der Waals surface area contributed by atoms with E-state index in [0.29, 0.717) is 10.6 Å². The van der Waals surface area contributed by atoms with Gasteiger partial charge in [0.05, 0.1) is 12.7 Å². The zero-order valence-electron chi connectivity index (χ0n) is 20.1. The molecule has 0 saturated carbocycles. The third kappa shape index (κ3) is 9.19. The second kappa shape index (κ2) is 12.5. The molecule has 3 rings (SSSR count). The minimum absolute atomic E-state index is 0.00297. The van der Waals surface area contributed by atoms with Crippen molar-refractivity contribution in [1.82, 2.24) is 30.5 Å². The van der Waals surface area contributed by atoms with E-state index in [0.717, 1.165) is 22.9 Å². The fourth-order valence-corrected chi connectivity index (χ4v) is 4.10. The van der Waals surface area contributed by atoms with E-state index in [2.05, 4.69) is 25.8 Å². The lowest BCUT2D eigenvalue weighted by Crippen LogP contribution is -2.23. The van der Waals surface area contributed by atoms with Crippen molar-refractivity contribution in [1.29, 1.82) is 0 Å². The Hall–Kier alpha value is -3.36. The Balaban J connectivity index is 1.43. The minimum atomic E-state index is -4.35. The molecule has 1 unspecified atom stereocenters. The van der Waals surface area contributed by atoms with E-state index in [9.17, 15) is 35.9 Å². The average Bonchev–Trinajstić information content (AvgIpc) is 3.50. The fraction of sp³-hybridized carbons (Fsp3) is 0.478. The normalized spacial score (nSPS) is 12.9. The van der Waals surface area contributed by atoms with E-state index in [1.54, 1.807) is 6.07 Å². The fourth-order valence-electron chi connectivity index (χ4n) is 3.33. The van der Waals surface area contributed by atoms with Crippen LogP contribution < -0.4 is 5.32 Å². The number of alkyl halides is 6. The number of Topliss-reactive ketones (excluding diaryl/α,β-unsaturated/α-hetero) is 1. The van der Waals surface area contributed by atoms with Gasteiger partial charge in [0.15, 0.2) is 5.78 Å². The highest BCUT2D eigenvalue weighted by Gasteiger charge is 2.27. The molecule has 0 bridgehead atoms. The SMILES string of the molecule is CC(F)(F)c1cccc(CNC(=O)c2nnc(CCC(F)Cn3cc(C(=O)CCCC(F)(F)F)nn3)s2)c1. The van der Waals surface area contributed by atoms with Gasteiger partial charge >= 0.3 is 6.18 Å². The summed E-state index contributed by atoms with van der Waals surface area (Å²) in [6, 6.07) is 5.67. The van der Waals surface area contributed by atoms with Crippen LogP contribution in [0.1, 0.15) is 69.0 Å². The first-order valence-electron chi connectivity index (χ1n) is 11.5. The number of rotatable bonds is 13. The molecule has 0 fully saturated rings. The predicted octanol–water partition coefficient (Wildman–Crippen LogP) is 5.06. The smallest absolute Gasteiger partial charge is 0.346 e. The largest absolute Gasteiger partial charge is 0.389 e. The Kier molecular flexibility index (Phi) is 9.57. The van der Waals surface area contributed by atoms with Gasteiger partial charge in [-0.2, -0.15) is 13.2 Å². The number of nitrogens with one attached hydrogen (secondary N) is 1. The highest BCUT2D eigenvalue weighted by Crippen LogP contribution is 2.27. The van der Waals surface area contributed by atoms with E-state index < -0.39 is 36.4 Å². The third-order valence-electron chi connectivity index (χ3n) is 5.29. The number of carbonyl (C=O) groups excluding carboxylic acids is 2. The number of ketones is 1. The topological polar surface area (TPSA) is 103 Å². The first-order valence-corrected chi connectivity index (χ1v) is 12.3. The van der Waals surface area contributed by atoms with Crippen LogP contribution >= 0.6 is 11.3 Å². The van der Waals surface area contributed by atoms with Crippen LogP contribution in [0.5, 0.6) is 0 Å². The molecule has 0 aliphatic heterocycles. The lowest BCUT2D eigenvalue weighted by Gasteiger charge is -2.12. The number of halogens is 6. The van der Waals surface area contributed by atoms with Gasteiger partial charge in [0.2, 0.25) is 5.01 Å². The predicted molar refractivity (Wildman–Crippen MR) is 125 cm³/mol. The summed E-state index contributed by atoms with van der Waals surface area (Å²) >= 11 is 0.969. The van der Waals surface area contributed by atoms with Crippen molar-refractivity contribution in [3.63, 3.8) is 0 Å². The summed E-state index contributed by atoms with van der Waals surface area (Å²) in [5.41, 5.74) is 0.189. The molecule has 1 atom stereocenters. The van der Waals surface area contributed by atoms with E-state index in [-0.39, 0.29) is 55.0 Å². The van der Waals surface area contributed by atoms with Gasteiger partial charge in [-0.05, 0) is 24.5 Å². The first kappa shape index (κ1) is 29.2. The van der Waals surface area contributed by atoms with E-state index in [4.69, 9.17) is 0 Å². The minimum Gasteiger partial charge on any atom is -0.346 e. The molecule has 1 amide bonds. The average molecular weight is 563 g/mol. The van der Waals surface area contributed by atoms with Gasteiger partial charge in [-0.1, -0.05) is 34.7 Å². The standard InChI is InChI=1S/C23H24F6N6O2S/c1-22(25,26)15-5-2-4-14(10-15)11-30-20(37)21-33-32-19(38-21)8-7-16(24)12-35-13-17(31-34-35)18(36)6-3-9-23(27,28)29/h2,4-5,10,13,16H,3,6-9,11-12H2,1H3,(H,30,37). The molecule has 0 spiro atoms. The van der Waals surface area contributed by atoms with Gasteiger partial charge < -0.3 is 5.32 Å². The Morgan fingerprint density at radius 2 is 1.89 bits per heavy atom. The van der Waals surface area contributed by atoms with Crippen molar-refractivity contribution in [3.05, 3.63) is 57.3 Å². The molecule has 15 heteroatoms. The van der Waals surface area contributed by atoms with Gasteiger partial charge in [-0.25, -0.2) is 17.9 Å². The van der Waals surface area contributed by atoms with Crippen molar-refractivity contribution in [2.75, 3.05) is 0 Å². The Morgan fingerprint density at radius 3 is 2.61 bits per heavy atom. The molecular formula is C23H24F6N6O2S. The van der Waals surface area contributed by atoms with Crippen molar-refractivity contribution in [3.8, 4) is 0 Å². The quantitative estimate of drug-likeness (QED) is 0.231. The van der Waals surface area contributed by atoms with Crippen molar-refractivity contribution >= 4 is 23.0 Å². The van der Waals surface area contributed by atoms with Crippen molar-refractivity contribution < 1.29 is 35.9 Å². The van der Waals surface area contributed by atoms with Crippen LogP contribution in [0.3, 0.4) is 0 Å².